The molecule has 0 bridgehead atoms. The number of methoxy groups -OCH3 is 1. The third-order valence-electron chi connectivity index (χ3n) is 4.48. The highest BCUT2D eigenvalue weighted by Crippen LogP contribution is 2.09. The number of ether oxygens (including phenoxy) is 1. The van der Waals surface area contributed by atoms with E-state index in [-0.39, 0.29) is 0 Å². The number of guanidine groups is 1. The summed E-state index contributed by atoms with van der Waals surface area (Å²) in [7, 11) is 3.55. The highest BCUT2D eigenvalue weighted by molar-refractivity contribution is 5.79. The summed E-state index contributed by atoms with van der Waals surface area (Å²) in [5.41, 5.74) is 2.45. The number of benzene rings is 1. The minimum absolute atomic E-state index is 0.399. The Morgan fingerprint density at radius 3 is 2.48 bits per heavy atom. The lowest BCUT2D eigenvalue weighted by molar-refractivity contribution is 0.184. The van der Waals surface area contributed by atoms with E-state index in [9.17, 15) is 0 Å². The van der Waals surface area contributed by atoms with Gasteiger partial charge >= 0.3 is 0 Å². The summed E-state index contributed by atoms with van der Waals surface area (Å²) in [5, 5.41) is 6.90. The Hall–Kier alpha value is -1.59. The molecule has 0 aliphatic carbocycles. The number of rotatable bonds is 11. The van der Waals surface area contributed by atoms with Crippen molar-refractivity contribution in [3.8, 4) is 0 Å². The first-order chi connectivity index (χ1) is 12.1. The molecule has 0 saturated carbocycles. The van der Waals surface area contributed by atoms with Crippen LogP contribution in [0.1, 0.15) is 44.7 Å². The Kier molecular flexibility index (Phi) is 10.9. The van der Waals surface area contributed by atoms with Gasteiger partial charge < -0.3 is 20.3 Å². The molecule has 0 aliphatic rings. The molecule has 0 amide bonds. The molecule has 0 radical (unpaired) electrons. The summed E-state index contributed by atoms with van der Waals surface area (Å²) in [6, 6.07) is 8.73. The van der Waals surface area contributed by atoms with Gasteiger partial charge in [0.15, 0.2) is 5.96 Å². The van der Waals surface area contributed by atoms with E-state index in [0.717, 1.165) is 38.6 Å². The van der Waals surface area contributed by atoms with Crippen LogP contribution in [0.5, 0.6) is 0 Å². The lowest BCUT2D eigenvalue weighted by atomic mass is 10.1. The van der Waals surface area contributed by atoms with Crippen LogP contribution >= 0.6 is 0 Å². The van der Waals surface area contributed by atoms with Crippen molar-refractivity contribution >= 4 is 5.96 Å². The van der Waals surface area contributed by atoms with Gasteiger partial charge in [-0.1, -0.05) is 38.1 Å². The van der Waals surface area contributed by atoms with Crippen LogP contribution in [0, 0.1) is 0 Å². The molecular weight excluding hydrogens is 312 g/mol. The van der Waals surface area contributed by atoms with E-state index >= 15 is 0 Å². The Morgan fingerprint density at radius 2 is 1.88 bits per heavy atom. The molecule has 0 saturated heterocycles. The second kappa shape index (κ2) is 12.7. The molecule has 0 aromatic heterocycles. The van der Waals surface area contributed by atoms with Gasteiger partial charge in [-0.2, -0.15) is 0 Å². The molecule has 1 rings (SSSR count). The van der Waals surface area contributed by atoms with Gasteiger partial charge in [-0.25, -0.2) is 0 Å². The fourth-order valence-electron chi connectivity index (χ4n) is 2.87. The second-order valence-corrected chi connectivity index (χ2v) is 6.34. The van der Waals surface area contributed by atoms with Crippen LogP contribution in [-0.2, 0) is 17.9 Å². The Bertz CT molecular complexity index is 500. The average Bonchev–Trinajstić information content (AvgIpc) is 2.63. The Morgan fingerprint density at radius 1 is 1.20 bits per heavy atom. The maximum absolute atomic E-state index is 5.27. The molecule has 2 N–H and O–H groups in total. The van der Waals surface area contributed by atoms with Gasteiger partial charge in [0.25, 0.3) is 0 Å². The van der Waals surface area contributed by atoms with Gasteiger partial charge in [-0.05, 0) is 50.5 Å². The molecule has 1 aromatic rings. The van der Waals surface area contributed by atoms with Crippen LogP contribution in [0.3, 0.4) is 0 Å². The third-order valence-corrected chi connectivity index (χ3v) is 4.48. The monoisotopic (exact) mass is 348 g/mol. The number of aliphatic imine (C=N–C) groups is 1. The van der Waals surface area contributed by atoms with Crippen LogP contribution in [0.2, 0.25) is 0 Å². The standard InChI is InChI=1S/C20H36N4O/c1-6-24(7-2)14-10-11-17(3)23-20(21-4)22-15-18-12-8-9-13-19(18)16-25-5/h8-9,12-13,17H,6-7,10-11,14-16H2,1-5H3,(H2,21,22,23). The van der Waals surface area contributed by atoms with Crippen molar-refractivity contribution in [2.24, 2.45) is 4.99 Å². The van der Waals surface area contributed by atoms with Crippen LogP contribution in [0.25, 0.3) is 0 Å². The first-order valence-electron chi connectivity index (χ1n) is 9.39. The average molecular weight is 349 g/mol. The molecule has 0 heterocycles. The summed E-state index contributed by atoms with van der Waals surface area (Å²) in [4.78, 5) is 6.81. The highest BCUT2D eigenvalue weighted by atomic mass is 16.5. The second-order valence-electron chi connectivity index (χ2n) is 6.34. The number of nitrogens with one attached hydrogen (secondary N) is 2. The van der Waals surface area contributed by atoms with E-state index in [1.54, 1.807) is 7.11 Å². The van der Waals surface area contributed by atoms with Gasteiger partial charge in [0.2, 0.25) is 0 Å². The zero-order valence-electron chi connectivity index (χ0n) is 16.6. The van der Waals surface area contributed by atoms with Crippen molar-refractivity contribution in [3.63, 3.8) is 0 Å². The van der Waals surface area contributed by atoms with Gasteiger partial charge in [0.05, 0.1) is 6.61 Å². The van der Waals surface area contributed by atoms with Crippen LogP contribution < -0.4 is 10.6 Å². The molecule has 25 heavy (non-hydrogen) atoms. The molecule has 142 valence electrons. The summed E-state index contributed by atoms with van der Waals surface area (Å²) in [6.07, 6.45) is 2.33. The molecule has 5 heteroatoms. The lowest BCUT2D eigenvalue weighted by Crippen LogP contribution is -2.42. The maximum Gasteiger partial charge on any atom is 0.191 e. The van der Waals surface area contributed by atoms with Crippen molar-refractivity contribution in [1.29, 1.82) is 0 Å². The summed E-state index contributed by atoms with van der Waals surface area (Å²) in [6.45, 7) is 11.4. The van der Waals surface area contributed by atoms with Crippen molar-refractivity contribution in [3.05, 3.63) is 35.4 Å². The van der Waals surface area contributed by atoms with Gasteiger partial charge in [0.1, 0.15) is 0 Å². The van der Waals surface area contributed by atoms with Crippen molar-refractivity contribution in [1.82, 2.24) is 15.5 Å². The molecule has 1 unspecified atom stereocenters. The number of nitrogens with zero attached hydrogens (tertiary/aromatic N) is 2. The predicted octanol–water partition coefficient (Wildman–Crippen LogP) is 3.01. The summed E-state index contributed by atoms with van der Waals surface area (Å²) >= 11 is 0. The highest BCUT2D eigenvalue weighted by Gasteiger charge is 2.08. The molecular formula is C20H36N4O. The van der Waals surface area contributed by atoms with Crippen LogP contribution in [-0.4, -0.2) is 50.7 Å². The van der Waals surface area contributed by atoms with E-state index in [2.05, 4.69) is 59.5 Å². The quantitative estimate of drug-likeness (QED) is 0.477. The van der Waals surface area contributed by atoms with E-state index in [1.165, 1.54) is 17.5 Å². The van der Waals surface area contributed by atoms with Crippen molar-refractivity contribution < 1.29 is 4.74 Å². The van der Waals surface area contributed by atoms with E-state index in [1.807, 2.05) is 13.1 Å². The number of hydrogen-bond donors (Lipinski definition) is 2. The largest absolute Gasteiger partial charge is 0.380 e. The molecule has 1 atom stereocenters. The molecule has 0 fully saturated rings. The first kappa shape index (κ1) is 21.5. The fraction of sp³-hybridized carbons (Fsp3) is 0.650. The first-order valence-corrected chi connectivity index (χ1v) is 9.39. The third kappa shape index (κ3) is 8.36. The molecule has 5 nitrogen and oxygen atoms in total. The van der Waals surface area contributed by atoms with Gasteiger partial charge in [0, 0.05) is 26.7 Å². The van der Waals surface area contributed by atoms with Crippen LogP contribution in [0.4, 0.5) is 0 Å². The van der Waals surface area contributed by atoms with Crippen LogP contribution in [0.15, 0.2) is 29.3 Å². The minimum Gasteiger partial charge on any atom is -0.380 e. The maximum atomic E-state index is 5.27. The lowest BCUT2D eigenvalue weighted by Gasteiger charge is -2.21. The SMILES string of the molecule is CCN(CC)CCCC(C)NC(=NC)NCc1ccccc1COC. The normalized spacial score (nSPS) is 13.1. The Balaban J connectivity index is 2.42. The van der Waals surface area contributed by atoms with Crippen molar-refractivity contribution in [2.45, 2.75) is 52.8 Å². The smallest absolute Gasteiger partial charge is 0.191 e. The van der Waals surface area contributed by atoms with E-state index in [4.69, 9.17) is 4.74 Å². The predicted molar refractivity (Wildman–Crippen MR) is 107 cm³/mol. The topological polar surface area (TPSA) is 48.9 Å². The molecule has 0 aliphatic heterocycles. The van der Waals surface area contributed by atoms with Gasteiger partial charge in [-0.15, -0.1) is 0 Å². The van der Waals surface area contributed by atoms with E-state index in [0.29, 0.717) is 12.6 Å². The summed E-state index contributed by atoms with van der Waals surface area (Å²) < 4.78 is 5.27. The molecule has 1 aromatic carbocycles. The number of hydrogen-bond acceptors (Lipinski definition) is 3. The van der Waals surface area contributed by atoms with Gasteiger partial charge in [-0.3, -0.25) is 4.99 Å². The zero-order valence-corrected chi connectivity index (χ0v) is 16.6. The minimum atomic E-state index is 0.399. The zero-order chi connectivity index (χ0) is 18.5. The van der Waals surface area contributed by atoms with Crippen molar-refractivity contribution in [2.75, 3.05) is 33.8 Å². The van der Waals surface area contributed by atoms with E-state index < -0.39 is 0 Å². The Labute approximate surface area is 153 Å². The molecule has 0 spiro atoms. The summed E-state index contributed by atoms with van der Waals surface area (Å²) in [5.74, 6) is 0.850. The fourth-order valence-corrected chi connectivity index (χ4v) is 2.87.